The largest absolute Gasteiger partial charge is 0.477 e. The Kier molecular flexibility index (Phi) is 4.88. The van der Waals surface area contributed by atoms with Gasteiger partial charge >= 0.3 is 5.97 Å². The van der Waals surface area contributed by atoms with Gasteiger partial charge in [0, 0.05) is 29.7 Å². The van der Waals surface area contributed by atoms with E-state index in [4.69, 9.17) is 4.42 Å². The van der Waals surface area contributed by atoms with Gasteiger partial charge in [0.15, 0.2) is 5.58 Å². The molecule has 0 saturated heterocycles. The van der Waals surface area contributed by atoms with Gasteiger partial charge in [-0.1, -0.05) is 12.1 Å². The molecule has 144 valence electrons. The van der Waals surface area contributed by atoms with E-state index in [2.05, 4.69) is 4.98 Å². The van der Waals surface area contributed by atoms with Gasteiger partial charge < -0.3 is 14.1 Å². The summed E-state index contributed by atoms with van der Waals surface area (Å²) in [5.41, 5.74) is 2.47. The first-order valence-electron chi connectivity index (χ1n) is 8.42. The zero-order valence-corrected chi connectivity index (χ0v) is 15.6. The van der Waals surface area contributed by atoms with Crippen LogP contribution in [0.1, 0.15) is 5.69 Å². The zero-order valence-electron chi connectivity index (χ0n) is 14.8. The average molecular weight is 407 g/mol. The summed E-state index contributed by atoms with van der Waals surface area (Å²) >= 11 is 0.912. The number of aromatic nitrogens is 2. The Morgan fingerprint density at radius 2 is 1.90 bits per heavy atom. The van der Waals surface area contributed by atoms with E-state index in [1.54, 1.807) is 47.2 Å². The fourth-order valence-electron chi connectivity index (χ4n) is 2.74. The Bertz CT molecular complexity index is 1210. The summed E-state index contributed by atoms with van der Waals surface area (Å²) in [4.78, 5) is 26.4. The normalized spacial score (nSPS) is 11.7. The molecule has 0 bridgehead atoms. The molecule has 0 atom stereocenters. The van der Waals surface area contributed by atoms with Gasteiger partial charge in [-0.15, -0.1) is 0 Å². The second kappa shape index (κ2) is 7.64. The molecule has 0 radical (unpaired) electrons. The molecule has 1 N–H and O–H groups in total. The number of oxazole rings is 1. The smallest absolute Gasteiger partial charge is 0.342 e. The summed E-state index contributed by atoms with van der Waals surface area (Å²) in [5.74, 6) is -1.12. The molecule has 0 aliphatic heterocycles. The lowest BCUT2D eigenvalue weighted by Gasteiger charge is -2.07. The maximum atomic E-state index is 11.8. The fraction of sp³-hybridized carbons (Fsp3) is 0. The van der Waals surface area contributed by atoms with Gasteiger partial charge in [-0.05, 0) is 54.2 Å². The number of nitro benzene ring substituents is 1. The highest BCUT2D eigenvalue weighted by molar-refractivity contribution is 8.03. The Balaban J connectivity index is 1.66. The molecule has 0 spiro atoms. The van der Waals surface area contributed by atoms with Crippen molar-refractivity contribution in [3.8, 4) is 5.69 Å². The monoisotopic (exact) mass is 407 g/mol. The number of nitro groups is 1. The van der Waals surface area contributed by atoms with Crippen LogP contribution in [0.2, 0.25) is 0 Å². The highest BCUT2D eigenvalue weighted by Crippen LogP contribution is 2.31. The number of hydrogen-bond donors (Lipinski definition) is 1. The minimum atomic E-state index is -1.12. The van der Waals surface area contributed by atoms with Crippen molar-refractivity contribution in [2.75, 3.05) is 0 Å². The predicted octanol–water partition coefficient (Wildman–Crippen LogP) is 4.74. The van der Waals surface area contributed by atoms with E-state index < -0.39 is 10.9 Å². The number of fused-ring (bicyclic) bond motifs is 1. The predicted molar refractivity (Wildman–Crippen MR) is 108 cm³/mol. The summed E-state index contributed by atoms with van der Waals surface area (Å²) in [7, 11) is 0. The van der Waals surface area contributed by atoms with Crippen LogP contribution in [0.5, 0.6) is 0 Å². The number of para-hydroxylation sites is 2. The Morgan fingerprint density at radius 3 is 2.59 bits per heavy atom. The number of non-ortho nitro benzene ring substituents is 1. The first-order valence-corrected chi connectivity index (χ1v) is 9.23. The van der Waals surface area contributed by atoms with Gasteiger partial charge in [0.2, 0.25) is 0 Å². The molecule has 8 nitrogen and oxygen atoms in total. The van der Waals surface area contributed by atoms with Crippen LogP contribution in [-0.2, 0) is 4.79 Å². The molecule has 4 aromatic rings. The number of thioether (sulfide) groups is 1. The summed E-state index contributed by atoms with van der Waals surface area (Å²) in [6.45, 7) is 0. The lowest BCUT2D eigenvalue weighted by atomic mass is 10.2. The molecule has 0 fully saturated rings. The first-order chi connectivity index (χ1) is 14.0. The SMILES string of the molecule is O=C(O)/C(=C/c1cccn1-c1ccc([N+](=O)[O-])cc1)Sc1nc2ccccc2o1. The number of nitrogens with zero attached hydrogens (tertiary/aromatic N) is 3. The van der Waals surface area contributed by atoms with Crippen molar-refractivity contribution in [2.24, 2.45) is 0 Å². The standard InChI is InChI=1S/C20H13N3O5S/c24-19(25)18(29-20-21-16-5-1-2-6-17(16)28-20)12-15-4-3-11-22(15)13-7-9-14(10-8-13)23(26)27/h1-12H,(H,24,25)/b18-12-. The Hall–Kier alpha value is -3.85. The van der Waals surface area contributed by atoms with Crippen molar-refractivity contribution in [3.05, 3.63) is 87.6 Å². The van der Waals surface area contributed by atoms with E-state index in [0.717, 1.165) is 11.8 Å². The molecular formula is C20H13N3O5S. The van der Waals surface area contributed by atoms with Crippen molar-refractivity contribution >= 4 is 40.6 Å². The highest BCUT2D eigenvalue weighted by Gasteiger charge is 2.16. The van der Waals surface area contributed by atoms with Crippen LogP contribution in [0.4, 0.5) is 5.69 Å². The molecule has 29 heavy (non-hydrogen) atoms. The van der Waals surface area contributed by atoms with Gasteiger partial charge in [-0.2, -0.15) is 0 Å². The van der Waals surface area contributed by atoms with Crippen LogP contribution in [-0.4, -0.2) is 25.6 Å². The van der Waals surface area contributed by atoms with Crippen LogP contribution < -0.4 is 0 Å². The van der Waals surface area contributed by atoms with Crippen molar-refractivity contribution in [1.82, 2.24) is 9.55 Å². The maximum absolute atomic E-state index is 11.8. The minimum absolute atomic E-state index is 0.0178. The first kappa shape index (κ1) is 18.5. The van der Waals surface area contributed by atoms with E-state index in [-0.39, 0.29) is 15.8 Å². The quantitative estimate of drug-likeness (QED) is 0.212. The van der Waals surface area contributed by atoms with Crippen LogP contribution in [0, 0.1) is 10.1 Å². The van der Waals surface area contributed by atoms with E-state index >= 15 is 0 Å². The molecule has 0 amide bonds. The van der Waals surface area contributed by atoms with Crippen LogP contribution >= 0.6 is 11.8 Å². The van der Waals surface area contributed by atoms with E-state index in [0.29, 0.717) is 22.5 Å². The van der Waals surface area contributed by atoms with Crippen LogP contribution in [0.15, 0.2) is 81.4 Å². The number of carboxylic acids is 1. The van der Waals surface area contributed by atoms with E-state index in [1.165, 1.54) is 18.2 Å². The third kappa shape index (κ3) is 3.90. The highest BCUT2D eigenvalue weighted by atomic mass is 32.2. The molecule has 2 aromatic heterocycles. The molecule has 0 aliphatic rings. The topological polar surface area (TPSA) is 111 Å². The molecule has 9 heteroatoms. The number of carboxylic acid groups (broad SMARTS) is 1. The average Bonchev–Trinajstić information content (AvgIpc) is 3.33. The van der Waals surface area contributed by atoms with Crippen molar-refractivity contribution in [1.29, 1.82) is 0 Å². The molecular weight excluding hydrogens is 394 g/mol. The van der Waals surface area contributed by atoms with E-state index in [1.807, 2.05) is 12.1 Å². The zero-order chi connectivity index (χ0) is 20.4. The fourth-order valence-corrected chi connectivity index (χ4v) is 3.47. The Labute approximate surface area is 168 Å². The third-order valence-corrected chi connectivity index (χ3v) is 4.94. The molecule has 4 rings (SSSR count). The van der Waals surface area contributed by atoms with Gasteiger partial charge in [-0.3, -0.25) is 10.1 Å². The molecule has 2 heterocycles. The Morgan fingerprint density at radius 1 is 1.14 bits per heavy atom. The summed E-state index contributed by atoms with van der Waals surface area (Å²) in [5, 5.41) is 20.7. The van der Waals surface area contributed by atoms with Crippen molar-refractivity contribution in [2.45, 2.75) is 5.22 Å². The second-order valence-electron chi connectivity index (χ2n) is 5.94. The number of benzene rings is 2. The number of carbonyl (C=O) groups is 1. The molecule has 0 aliphatic carbocycles. The molecule has 0 unspecified atom stereocenters. The lowest BCUT2D eigenvalue weighted by Crippen LogP contribution is -2.00. The van der Waals surface area contributed by atoms with Crippen molar-refractivity contribution < 1.29 is 19.2 Å². The number of rotatable bonds is 6. The van der Waals surface area contributed by atoms with Gasteiger partial charge in [0.05, 0.1) is 4.92 Å². The van der Waals surface area contributed by atoms with Crippen LogP contribution in [0.25, 0.3) is 22.9 Å². The van der Waals surface area contributed by atoms with Gasteiger partial charge in [0.25, 0.3) is 10.9 Å². The maximum Gasteiger partial charge on any atom is 0.342 e. The summed E-state index contributed by atoms with van der Waals surface area (Å²) < 4.78 is 7.33. The summed E-state index contributed by atoms with van der Waals surface area (Å²) in [6, 6.07) is 16.7. The lowest BCUT2D eigenvalue weighted by molar-refractivity contribution is -0.384. The number of aliphatic carboxylic acids is 1. The van der Waals surface area contributed by atoms with Gasteiger partial charge in [-0.25, -0.2) is 9.78 Å². The molecule has 0 saturated carbocycles. The van der Waals surface area contributed by atoms with Gasteiger partial charge in [0.1, 0.15) is 10.4 Å². The summed E-state index contributed by atoms with van der Waals surface area (Å²) in [6.07, 6.45) is 3.25. The minimum Gasteiger partial charge on any atom is -0.477 e. The molecule has 2 aromatic carbocycles. The van der Waals surface area contributed by atoms with Crippen molar-refractivity contribution in [3.63, 3.8) is 0 Å². The van der Waals surface area contributed by atoms with E-state index in [9.17, 15) is 20.0 Å². The third-order valence-electron chi connectivity index (χ3n) is 4.08. The second-order valence-corrected chi connectivity index (χ2v) is 6.93. The number of hydrogen-bond acceptors (Lipinski definition) is 6. The van der Waals surface area contributed by atoms with Crippen LogP contribution in [0.3, 0.4) is 0 Å².